The van der Waals surface area contributed by atoms with Gasteiger partial charge in [-0.25, -0.2) is 0 Å². The Labute approximate surface area is 94.5 Å². The molecule has 1 amide bonds. The van der Waals surface area contributed by atoms with Crippen molar-refractivity contribution < 1.29 is 9.90 Å². The summed E-state index contributed by atoms with van der Waals surface area (Å²) in [6, 6.07) is 2.01. The zero-order chi connectivity index (χ0) is 10.1. The van der Waals surface area contributed by atoms with Crippen molar-refractivity contribution in [2.75, 3.05) is 19.7 Å². The van der Waals surface area contributed by atoms with Crippen LogP contribution in [-0.4, -0.2) is 35.6 Å². The Bertz CT molecular complexity index is 364. The van der Waals surface area contributed by atoms with Gasteiger partial charge in [0.2, 0.25) is 0 Å². The van der Waals surface area contributed by atoms with E-state index in [1.54, 1.807) is 4.90 Å². The van der Waals surface area contributed by atoms with Crippen LogP contribution < -0.4 is 0 Å². The summed E-state index contributed by atoms with van der Waals surface area (Å²) in [5, 5.41) is 8.79. The molecule has 0 radical (unpaired) electrons. The van der Waals surface area contributed by atoms with E-state index in [0.29, 0.717) is 6.54 Å². The van der Waals surface area contributed by atoms with Crippen LogP contribution in [0.15, 0.2) is 9.85 Å². The van der Waals surface area contributed by atoms with Gasteiger partial charge in [-0.2, -0.15) is 0 Å². The lowest BCUT2D eigenvalue weighted by molar-refractivity contribution is 0.0711. The van der Waals surface area contributed by atoms with Crippen LogP contribution in [0.25, 0.3) is 0 Å². The number of carbonyl (C=O) groups is 1. The van der Waals surface area contributed by atoms with Crippen LogP contribution in [0.5, 0.6) is 0 Å². The van der Waals surface area contributed by atoms with Gasteiger partial charge >= 0.3 is 0 Å². The maximum atomic E-state index is 11.8. The molecule has 3 nitrogen and oxygen atoms in total. The molecule has 1 aliphatic heterocycles. The fourth-order valence-electron chi connectivity index (χ4n) is 1.60. The van der Waals surface area contributed by atoms with Crippen molar-refractivity contribution in [3.63, 3.8) is 0 Å². The molecule has 0 aliphatic carbocycles. The first-order chi connectivity index (χ1) is 6.72. The van der Waals surface area contributed by atoms with Gasteiger partial charge in [-0.15, -0.1) is 11.3 Å². The van der Waals surface area contributed by atoms with Gasteiger partial charge in [-0.3, -0.25) is 4.79 Å². The molecule has 0 aromatic carbocycles. The standard InChI is InChI=1S/C9H10BrNO2S/c10-7-5-6-1-2-11(3-4-12)9(13)8(6)14-7/h5,12H,1-4H2. The van der Waals surface area contributed by atoms with Crippen molar-refractivity contribution in [1.29, 1.82) is 0 Å². The Morgan fingerprint density at radius 3 is 3.14 bits per heavy atom. The number of amides is 1. The molecule has 2 heterocycles. The number of halogens is 1. The Hall–Kier alpha value is -0.390. The van der Waals surface area contributed by atoms with Crippen molar-refractivity contribution in [3.05, 3.63) is 20.3 Å². The van der Waals surface area contributed by atoms with E-state index in [9.17, 15) is 4.79 Å². The lowest BCUT2D eigenvalue weighted by Crippen LogP contribution is -2.38. The van der Waals surface area contributed by atoms with Crippen LogP contribution in [-0.2, 0) is 6.42 Å². The van der Waals surface area contributed by atoms with E-state index in [1.165, 1.54) is 11.3 Å². The number of hydrogen-bond acceptors (Lipinski definition) is 3. The van der Waals surface area contributed by atoms with Gasteiger partial charge in [-0.05, 0) is 34.0 Å². The second-order valence-electron chi connectivity index (χ2n) is 3.17. The maximum Gasteiger partial charge on any atom is 0.264 e. The Balaban J connectivity index is 2.26. The van der Waals surface area contributed by atoms with Gasteiger partial charge in [0.05, 0.1) is 15.3 Å². The quantitative estimate of drug-likeness (QED) is 0.889. The van der Waals surface area contributed by atoms with E-state index in [1.807, 2.05) is 6.07 Å². The summed E-state index contributed by atoms with van der Waals surface area (Å²) in [4.78, 5) is 14.3. The molecule has 5 heteroatoms. The molecule has 1 aliphatic rings. The number of fused-ring (bicyclic) bond motifs is 1. The second kappa shape index (κ2) is 4.00. The average Bonchev–Trinajstić information content (AvgIpc) is 2.52. The molecule has 0 atom stereocenters. The van der Waals surface area contributed by atoms with Gasteiger partial charge in [0, 0.05) is 13.1 Å². The molecule has 1 aromatic heterocycles. The lowest BCUT2D eigenvalue weighted by Gasteiger charge is -2.25. The third kappa shape index (κ3) is 1.71. The normalized spacial score (nSPS) is 15.9. The van der Waals surface area contributed by atoms with E-state index >= 15 is 0 Å². The predicted octanol–water partition coefficient (Wildman–Crippen LogP) is 1.50. The van der Waals surface area contributed by atoms with Crippen LogP contribution >= 0.6 is 27.3 Å². The number of aliphatic hydroxyl groups is 1. The van der Waals surface area contributed by atoms with E-state index in [-0.39, 0.29) is 12.5 Å². The molecular formula is C9H10BrNO2S. The minimum atomic E-state index is 0.0353. The Morgan fingerprint density at radius 2 is 2.43 bits per heavy atom. The van der Waals surface area contributed by atoms with Crippen LogP contribution in [0.3, 0.4) is 0 Å². The summed E-state index contributed by atoms with van der Waals surface area (Å²) in [6.07, 6.45) is 0.892. The largest absolute Gasteiger partial charge is 0.395 e. The van der Waals surface area contributed by atoms with Crippen molar-refractivity contribution in [2.24, 2.45) is 0 Å². The number of carbonyl (C=O) groups excluding carboxylic acids is 1. The van der Waals surface area contributed by atoms with Gasteiger partial charge in [0.1, 0.15) is 0 Å². The highest BCUT2D eigenvalue weighted by molar-refractivity contribution is 9.11. The monoisotopic (exact) mass is 275 g/mol. The summed E-state index contributed by atoms with van der Waals surface area (Å²) in [7, 11) is 0. The van der Waals surface area contributed by atoms with E-state index in [0.717, 1.165) is 27.2 Å². The molecule has 14 heavy (non-hydrogen) atoms. The van der Waals surface area contributed by atoms with E-state index in [4.69, 9.17) is 5.11 Å². The molecule has 0 saturated heterocycles. The molecule has 0 spiro atoms. The minimum Gasteiger partial charge on any atom is -0.395 e. The zero-order valence-corrected chi connectivity index (χ0v) is 9.90. The number of nitrogens with zero attached hydrogens (tertiary/aromatic N) is 1. The number of thiophene rings is 1. The topological polar surface area (TPSA) is 40.5 Å². The highest BCUT2D eigenvalue weighted by Crippen LogP contribution is 2.31. The number of rotatable bonds is 2. The lowest BCUT2D eigenvalue weighted by atomic mass is 10.1. The second-order valence-corrected chi connectivity index (χ2v) is 5.60. The van der Waals surface area contributed by atoms with E-state index < -0.39 is 0 Å². The first kappa shape index (κ1) is 10.1. The van der Waals surface area contributed by atoms with Crippen molar-refractivity contribution >= 4 is 33.2 Å². The highest BCUT2D eigenvalue weighted by Gasteiger charge is 2.25. The fourth-order valence-corrected chi connectivity index (χ4v) is 3.26. The fraction of sp³-hybridized carbons (Fsp3) is 0.444. The van der Waals surface area contributed by atoms with Gasteiger partial charge in [0.25, 0.3) is 5.91 Å². The SMILES string of the molecule is O=C1c2sc(Br)cc2CCN1CCO. The number of hydrogen-bond donors (Lipinski definition) is 1. The molecule has 0 bridgehead atoms. The van der Waals surface area contributed by atoms with Gasteiger partial charge < -0.3 is 10.0 Å². The smallest absolute Gasteiger partial charge is 0.264 e. The first-order valence-electron chi connectivity index (χ1n) is 4.40. The third-order valence-corrected chi connectivity index (χ3v) is 3.95. The molecule has 76 valence electrons. The van der Waals surface area contributed by atoms with Crippen molar-refractivity contribution in [3.8, 4) is 0 Å². The first-order valence-corrected chi connectivity index (χ1v) is 6.01. The highest BCUT2D eigenvalue weighted by atomic mass is 79.9. The van der Waals surface area contributed by atoms with Gasteiger partial charge in [-0.1, -0.05) is 0 Å². The number of aliphatic hydroxyl groups excluding tert-OH is 1. The summed E-state index contributed by atoms with van der Waals surface area (Å²) in [5.41, 5.74) is 1.13. The minimum absolute atomic E-state index is 0.0353. The molecule has 0 unspecified atom stereocenters. The number of β-amino-alcohol motifs (C(OH)–C–C–N with tert-alkyl or cyclic N) is 1. The Kier molecular flexibility index (Phi) is 2.90. The summed E-state index contributed by atoms with van der Waals surface area (Å²) in [5.74, 6) is 0.0519. The zero-order valence-electron chi connectivity index (χ0n) is 7.49. The molecule has 2 rings (SSSR count). The Morgan fingerprint density at radius 1 is 1.64 bits per heavy atom. The van der Waals surface area contributed by atoms with Crippen LogP contribution in [0, 0.1) is 0 Å². The van der Waals surface area contributed by atoms with Crippen LogP contribution in [0.2, 0.25) is 0 Å². The van der Waals surface area contributed by atoms with Gasteiger partial charge in [0.15, 0.2) is 0 Å². The van der Waals surface area contributed by atoms with Crippen LogP contribution in [0.4, 0.5) is 0 Å². The molecule has 1 N–H and O–H groups in total. The van der Waals surface area contributed by atoms with Crippen LogP contribution in [0.1, 0.15) is 15.2 Å². The molecular weight excluding hydrogens is 266 g/mol. The predicted molar refractivity (Wildman–Crippen MR) is 58.7 cm³/mol. The summed E-state index contributed by atoms with van der Waals surface area (Å²) < 4.78 is 1.00. The third-order valence-electron chi connectivity index (χ3n) is 2.28. The summed E-state index contributed by atoms with van der Waals surface area (Å²) >= 11 is 4.85. The molecule has 0 saturated carbocycles. The summed E-state index contributed by atoms with van der Waals surface area (Å²) in [6.45, 7) is 1.19. The van der Waals surface area contributed by atoms with Crippen molar-refractivity contribution in [2.45, 2.75) is 6.42 Å². The molecule has 1 aromatic rings. The van der Waals surface area contributed by atoms with E-state index in [2.05, 4.69) is 15.9 Å². The molecule has 0 fully saturated rings. The maximum absolute atomic E-state index is 11.8. The van der Waals surface area contributed by atoms with Crippen molar-refractivity contribution in [1.82, 2.24) is 4.90 Å². The average molecular weight is 276 g/mol.